The quantitative estimate of drug-likeness (QED) is 0.442. The van der Waals surface area contributed by atoms with Gasteiger partial charge in [0.05, 0.1) is 26.0 Å². The van der Waals surface area contributed by atoms with Crippen LogP contribution in [-0.2, 0) is 6.54 Å². The Bertz CT molecular complexity index is 1310. The zero-order valence-corrected chi connectivity index (χ0v) is 18.2. The number of halogens is 1. The molecule has 32 heavy (non-hydrogen) atoms. The van der Waals surface area contributed by atoms with Crippen LogP contribution >= 0.6 is 11.6 Å². The molecule has 0 saturated heterocycles. The summed E-state index contributed by atoms with van der Waals surface area (Å²) in [7, 11) is 1.60. The molecule has 2 aromatic heterocycles. The fourth-order valence-corrected chi connectivity index (χ4v) is 4.31. The predicted molar refractivity (Wildman–Crippen MR) is 119 cm³/mol. The van der Waals surface area contributed by atoms with Crippen molar-refractivity contribution in [2.24, 2.45) is 0 Å². The van der Waals surface area contributed by atoms with Gasteiger partial charge in [0.1, 0.15) is 28.6 Å². The van der Waals surface area contributed by atoms with E-state index < -0.39 is 6.04 Å². The number of ether oxygens (including phenoxy) is 1. The molecule has 0 aliphatic carbocycles. The number of hydrogen-bond acceptors (Lipinski definition) is 5. The Morgan fingerprint density at radius 2 is 2.09 bits per heavy atom. The third-order valence-electron chi connectivity index (χ3n) is 5.71. The Morgan fingerprint density at radius 3 is 2.84 bits per heavy atom. The number of aromatic nitrogens is 2. The molecule has 2 N–H and O–H groups in total. The monoisotopic (exact) mass is 449 g/mol. The fourth-order valence-electron chi connectivity index (χ4n) is 4.15. The van der Waals surface area contributed by atoms with Crippen molar-refractivity contribution in [3.8, 4) is 22.8 Å². The average molecular weight is 450 g/mol. The molecule has 1 amide bonds. The van der Waals surface area contributed by atoms with Crippen LogP contribution in [0.5, 0.6) is 11.5 Å². The maximum Gasteiger partial charge on any atom is 0.273 e. The summed E-state index contributed by atoms with van der Waals surface area (Å²) in [5, 5.41) is 18.4. The second-order valence-electron chi connectivity index (χ2n) is 7.67. The van der Waals surface area contributed by atoms with E-state index in [-0.39, 0.29) is 18.2 Å². The van der Waals surface area contributed by atoms with Gasteiger partial charge in [0.15, 0.2) is 0 Å². The lowest BCUT2D eigenvalue weighted by atomic mass is 9.95. The highest BCUT2D eigenvalue weighted by molar-refractivity contribution is 6.31. The normalized spacial score (nSPS) is 15.3. The summed E-state index contributed by atoms with van der Waals surface area (Å²) in [5.74, 6) is 1.17. The number of hydrogen-bond donors (Lipinski definition) is 2. The first-order valence-electron chi connectivity index (χ1n) is 10.0. The number of benzene rings is 2. The van der Waals surface area contributed by atoms with Crippen LogP contribution in [-0.4, -0.2) is 33.2 Å². The van der Waals surface area contributed by atoms with Crippen molar-refractivity contribution >= 4 is 17.5 Å². The Morgan fingerprint density at radius 1 is 1.25 bits per heavy atom. The smallest absolute Gasteiger partial charge is 0.273 e. The van der Waals surface area contributed by atoms with Crippen LogP contribution in [0.3, 0.4) is 0 Å². The highest BCUT2D eigenvalue weighted by atomic mass is 35.5. The van der Waals surface area contributed by atoms with Crippen LogP contribution in [0.1, 0.15) is 39.0 Å². The van der Waals surface area contributed by atoms with Gasteiger partial charge in [0, 0.05) is 16.1 Å². The third kappa shape index (κ3) is 3.22. The van der Waals surface area contributed by atoms with E-state index in [1.807, 2.05) is 37.3 Å². The first kappa shape index (κ1) is 20.2. The summed E-state index contributed by atoms with van der Waals surface area (Å²) in [6.45, 7) is 2.09. The molecule has 8 heteroatoms. The molecular weight excluding hydrogens is 430 g/mol. The van der Waals surface area contributed by atoms with E-state index in [4.69, 9.17) is 20.8 Å². The van der Waals surface area contributed by atoms with Crippen LogP contribution in [0.4, 0.5) is 0 Å². The first-order valence-corrected chi connectivity index (χ1v) is 10.4. The summed E-state index contributed by atoms with van der Waals surface area (Å²) in [5.41, 5.74) is 3.57. The molecule has 3 heterocycles. The number of aromatic amines is 1. The van der Waals surface area contributed by atoms with Crippen LogP contribution in [0.15, 0.2) is 59.2 Å². The molecule has 0 saturated carbocycles. The van der Waals surface area contributed by atoms with Gasteiger partial charge in [-0.15, -0.1) is 0 Å². The SMILES string of the molecule is COc1cccc(C2c3c(-c4cc(Cl)c(C)cc4O)n[nH]c3C(=O)N2Cc2ccco2)c1. The van der Waals surface area contributed by atoms with E-state index in [0.29, 0.717) is 39.0 Å². The second-order valence-corrected chi connectivity index (χ2v) is 8.08. The molecule has 1 aliphatic rings. The largest absolute Gasteiger partial charge is 0.507 e. The zero-order valence-electron chi connectivity index (χ0n) is 17.4. The fraction of sp³-hybridized carbons (Fsp3) is 0.167. The molecule has 1 aliphatic heterocycles. The minimum absolute atomic E-state index is 0.0440. The standard InChI is InChI=1S/C24H20ClN3O4/c1-13-9-19(29)17(11-18(13)25)21-20-22(27-26-21)24(30)28(12-16-7-4-8-32-16)23(20)14-5-3-6-15(10-14)31-2/h3-11,23,29H,12H2,1-2H3,(H,26,27). The summed E-state index contributed by atoms with van der Waals surface area (Å²) < 4.78 is 10.9. The molecule has 4 aromatic rings. The van der Waals surface area contributed by atoms with Crippen molar-refractivity contribution in [2.45, 2.75) is 19.5 Å². The number of carbonyl (C=O) groups excluding carboxylic acids is 1. The van der Waals surface area contributed by atoms with Crippen molar-refractivity contribution in [3.05, 3.63) is 88.0 Å². The number of rotatable bonds is 5. The van der Waals surface area contributed by atoms with Gasteiger partial charge in [-0.25, -0.2) is 0 Å². The van der Waals surface area contributed by atoms with Gasteiger partial charge in [0.2, 0.25) is 0 Å². The number of nitrogens with zero attached hydrogens (tertiary/aromatic N) is 2. The minimum Gasteiger partial charge on any atom is -0.507 e. The number of phenols is 1. The molecule has 7 nitrogen and oxygen atoms in total. The maximum atomic E-state index is 13.4. The number of amides is 1. The number of nitrogens with one attached hydrogen (secondary N) is 1. The van der Waals surface area contributed by atoms with Crippen LogP contribution < -0.4 is 4.74 Å². The molecule has 0 fully saturated rings. The van der Waals surface area contributed by atoms with E-state index >= 15 is 0 Å². The number of furan rings is 1. The van der Waals surface area contributed by atoms with Gasteiger partial charge < -0.3 is 19.2 Å². The minimum atomic E-state index is -0.467. The van der Waals surface area contributed by atoms with Crippen molar-refractivity contribution in [3.63, 3.8) is 0 Å². The number of fused-ring (bicyclic) bond motifs is 1. The van der Waals surface area contributed by atoms with E-state index in [1.165, 1.54) is 0 Å². The van der Waals surface area contributed by atoms with Crippen LogP contribution in [0.2, 0.25) is 5.02 Å². The van der Waals surface area contributed by atoms with Gasteiger partial charge >= 0.3 is 0 Å². The van der Waals surface area contributed by atoms with E-state index in [2.05, 4.69) is 10.2 Å². The molecule has 2 aromatic carbocycles. The number of carbonyl (C=O) groups is 1. The van der Waals surface area contributed by atoms with Crippen molar-refractivity contribution in [1.82, 2.24) is 15.1 Å². The van der Waals surface area contributed by atoms with E-state index in [9.17, 15) is 9.90 Å². The summed E-state index contributed by atoms with van der Waals surface area (Å²) in [6.07, 6.45) is 1.58. The number of H-pyrrole nitrogens is 1. The number of aromatic hydroxyl groups is 1. The first-order chi connectivity index (χ1) is 15.5. The van der Waals surface area contributed by atoms with E-state index in [0.717, 1.165) is 11.1 Å². The van der Waals surface area contributed by atoms with Crippen LogP contribution in [0, 0.1) is 6.92 Å². The van der Waals surface area contributed by atoms with Gasteiger partial charge in [-0.2, -0.15) is 5.10 Å². The Labute approximate surface area is 189 Å². The zero-order chi connectivity index (χ0) is 22.4. The van der Waals surface area contributed by atoms with Crippen LogP contribution in [0.25, 0.3) is 11.3 Å². The topological polar surface area (TPSA) is 91.6 Å². The molecular formula is C24H20ClN3O4. The molecule has 1 atom stereocenters. The second kappa shape index (κ2) is 7.76. The lowest BCUT2D eigenvalue weighted by molar-refractivity contribution is 0.0717. The van der Waals surface area contributed by atoms with E-state index in [1.54, 1.807) is 36.5 Å². The lowest BCUT2D eigenvalue weighted by Crippen LogP contribution is -2.29. The predicted octanol–water partition coefficient (Wildman–Crippen LogP) is 5.09. The van der Waals surface area contributed by atoms with Gasteiger partial charge in [0.25, 0.3) is 5.91 Å². The average Bonchev–Trinajstić information content (AvgIpc) is 3.51. The molecule has 0 bridgehead atoms. The summed E-state index contributed by atoms with van der Waals surface area (Å²) in [6, 6.07) is 14.0. The summed E-state index contributed by atoms with van der Waals surface area (Å²) in [4.78, 5) is 15.1. The van der Waals surface area contributed by atoms with Crippen molar-refractivity contribution in [2.75, 3.05) is 7.11 Å². The molecule has 162 valence electrons. The molecule has 0 spiro atoms. The molecule has 5 rings (SSSR count). The van der Waals surface area contributed by atoms with Crippen molar-refractivity contribution < 1.29 is 19.1 Å². The van der Waals surface area contributed by atoms with Gasteiger partial charge in [-0.3, -0.25) is 9.89 Å². The maximum absolute atomic E-state index is 13.4. The molecule has 1 unspecified atom stereocenters. The number of aryl methyl sites for hydroxylation is 1. The molecule has 0 radical (unpaired) electrons. The third-order valence-corrected chi connectivity index (χ3v) is 6.12. The number of methoxy groups -OCH3 is 1. The number of phenolic OH excluding ortho intramolecular Hbond substituents is 1. The van der Waals surface area contributed by atoms with Gasteiger partial charge in [-0.05, 0) is 54.4 Å². The Balaban J connectivity index is 1.70. The van der Waals surface area contributed by atoms with Gasteiger partial charge in [-0.1, -0.05) is 23.7 Å². The summed E-state index contributed by atoms with van der Waals surface area (Å²) >= 11 is 6.34. The Hall–Kier alpha value is -3.71. The highest BCUT2D eigenvalue weighted by Crippen LogP contribution is 2.46. The highest BCUT2D eigenvalue weighted by Gasteiger charge is 2.43. The Kier molecular flexibility index (Phi) is 4.90. The van der Waals surface area contributed by atoms with Crippen molar-refractivity contribution in [1.29, 1.82) is 0 Å². The lowest BCUT2D eigenvalue weighted by Gasteiger charge is -2.26.